The maximum Gasteiger partial charge on any atom is 0.233 e. The van der Waals surface area contributed by atoms with Gasteiger partial charge in [-0.3, -0.25) is 0 Å². The first-order valence-electron chi connectivity index (χ1n) is 4.55. The van der Waals surface area contributed by atoms with Crippen LogP contribution in [0.4, 0.5) is 17.6 Å². The Bertz CT molecular complexity index is 587. The molecule has 2 aromatic rings. The summed E-state index contributed by atoms with van der Waals surface area (Å²) in [4.78, 5) is 11.4. The third kappa shape index (κ3) is 2.95. The third-order valence-corrected chi connectivity index (χ3v) is 3.85. The molecule has 0 spiro atoms. The van der Waals surface area contributed by atoms with E-state index in [1.165, 1.54) is 0 Å². The first-order valence-corrected chi connectivity index (χ1v) is 6.47. The van der Waals surface area contributed by atoms with Crippen molar-refractivity contribution in [3.63, 3.8) is 0 Å². The van der Waals surface area contributed by atoms with Gasteiger partial charge in [0.2, 0.25) is 17.2 Å². The fourth-order valence-electron chi connectivity index (χ4n) is 1.16. The van der Waals surface area contributed by atoms with Gasteiger partial charge >= 0.3 is 0 Å². The van der Waals surface area contributed by atoms with Crippen LogP contribution >= 0.6 is 50.7 Å². The van der Waals surface area contributed by atoms with E-state index in [-0.39, 0.29) is 17.2 Å². The number of hydrogen-bond donors (Lipinski definition) is 2. The number of halogens is 4. The zero-order valence-electron chi connectivity index (χ0n) is 8.59. The van der Waals surface area contributed by atoms with E-state index in [1.807, 2.05) is 0 Å². The molecule has 0 bridgehead atoms. The number of rotatable bonds is 2. The smallest absolute Gasteiger partial charge is 0.233 e. The highest BCUT2D eigenvalue weighted by Gasteiger charge is 2.10. The van der Waals surface area contributed by atoms with Crippen molar-refractivity contribution in [2.45, 2.75) is 0 Å². The molecule has 0 atom stereocenters. The summed E-state index contributed by atoms with van der Waals surface area (Å²) in [5, 5.41) is 3.57. The Kier molecular flexibility index (Phi) is 4.11. The molecule has 18 heavy (non-hydrogen) atoms. The Morgan fingerprint density at radius 2 is 1.78 bits per heavy atom. The summed E-state index contributed by atoms with van der Waals surface area (Å²) in [7, 11) is 0. The number of nitrogens with one attached hydrogen (secondary N) is 1. The molecular weight excluding hydrogens is 364 g/mol. The van der Waals surface area contributed by atoms with Crippen LogP contribution in [-0.4, -0.2) is 15.0 Å². The average Bonchev–Trinajstić information content (AvgIpc) is 2.29. The highest BCUT2D eigenvalue weighted by molar-refractivity contribution is 9.10. The summed E-state index contributed by atoms with van der Waals surface area (Å²) in [5.41, 5.74) is 5.99. The minimum Gasteiger partial charge on any atom is -0.368 e. The molecule has 5 nitrogen and oxygen atoms in total. The van der Waals surface area contributed by atoms with Crippen LogP contribution in [0.1, 0.15) is 0 Å². The van der Waals surface area contributed by atoms with Gasteiger partial charge in [-0.2, -0.15) is 15.0 Å². The molecule has 9 heteroatoms. The van der Waals surface area contributed by atoms with Crippen molar-refractivity contribution in [2.24, 2.45) is 0 Å². The number of nitrogens with two attached hydrogens (primary N) is 1. The van der Waals surface area contributed by atoms with Crippen LogP contribution in [0.25, 0.3) is 0 Å². The minimum atomic E-state index is -0.00988. The topological polar surface area (TPSA) is 76.7 Å². The molecule has 0 radical (unpaired) electrons. The number of nitrogens with zero attached hydrogens (tertiary/aromatic N) is 3. The molecule has 0 unspecified atom stereocenters. The molecular formula is C9H5BrCl3N5. The van der Waals surface area contributed by atoms with Crippen molar-refractivity contribution in [2.75, 3.05) is 11.1 Å². The Morgan fingerprint density at radius 1 is 1.06 bits per heavy atom. The summed E-state index contributed by atoms with van der Waals surface area (Å²) in [6.45, 7) is 0. The van der Waals surface area contributed by atoms with E-state index in [1.54, 1.807) is 12.1 Å². The summed E-state index contributed by atoms with van der Waals surface area (Å²) in [6, 6.07) is 3.45. The van der Waals surface area contributed by atoms with Crippen LogP contribution in [0.5, 0.6) is 0 Å². The molecule has 0 saturated carbocycles. The fraction of sp³-hybridized carbons (Fsp3) is 0. The predicted molar refractivity (Wildman–Crippen MR) is 76.7 cm³/mol. The van der Waals surface area contributed by atoms with Crippen molar-refractivity contribution < 1.29 is 0 Å². The van der Waals surface area contributed by atoms with Crippen LogP contribution in [0, 0.1) is 0 Å². The number of nitrogen functional groups attached to an aromatic ring is 1. The SMILES string of the molecule is Nc1nc(Cl)nc(Nc2ccc(Br)c(Cl)c2Cl)n1. The second-order valence-corrected chi connectivity index (χ2v) is 5.08. The van der Waals surface area contributed by atoms with Crippen LogP contribution in [0.15, 0.2) is 16.6 Å². The molecule has 0 aliphatic carbocycles. The first kappa shape index (κ1) is 13.6. The Balaban J connectivity index is 2.37. The van der Waals surface area contributed by atoms with E-state index >= 15 is 0 Å². The fourth-order valence-corrected chi connectivity index (χ4v) is 2.15. The molecule has 3 N–H and O–H groups in total. The summed E-state index contributed by atoms with van der Waals surface area (Å²) in [5.74, 6) is 0.199. The van der Waals surface area contributed by atoms with Gasteiger partial charge in [0.25, 0.3) is 0 Å². The van der Waals surface area contributed by atoms with Gasteiger partial charge in [0.05, 0.1) is 15.7 Å². The van der Waals surface area contributed by atoms with Gasteiger partial charge < -0.3 is 11.1 Å². The van der Waals surface area contributed by atoms with E-state index in [0.29, 0.717) is 20.2 Å². The summed E-state index contributed by atoms with van der Waals surface area (Å²) in [6.07, 6.45) is 0. The molecule has 0 fully saturated rings. The standard InChI is InChI=1S/C9H5BrCl3N5/c10-3-1-2-4(6(12)5(3)11)15-9-17-7(13)16-8(14)18-9/h1-2H,(H3,14,15,16,17,18). The normalized spacial score (nSPS) is 10.4. The molecule has 0 aliphatic heterocycles. The highest BCUT2D eigenvalue weighted by atomic mass is 79.9. The van der Waals surface area contributed by atoms with Crippen molar-refractivity contribution in [3.8, 4) is 0 Å². The lowest BCUT2D eigenvalue weighted by atomic mass is 10.3. The molecule has 1 heterocycles. The number of aromatic nitrogens is 3. The molecule has 1 aromatic heterocycles. The van der Waals surface area contributed by atoms with Crippen LogP contribution in [-0.2, 0) is 0 Å². The van der Waals surface area contributed by atoms with Gasteiger partial charge in [0.1, 0.15) is 0 Å². The van der Waals surface area contributed by atoms with E-state index in [0.717, 1.165) is 0 Å². The van der Waals surface area contributed by atoms with Gasteiger partial charge in [-0.15, -0.1) is 0 Å². The Labute approximate surface area is 126 Å². The minimum absolute atomic E-state index is 0.00988. The lowest BCUT2D eigenvalue weighted by Gasteiger charge is -2.09. The second kappa shape index (κ2) is 5.44. The van der Waals surface area contributed by atoms with E-state index < -0.39 is 0 Å². The third-order valence-electron chi connectivity index (χ3n) is 1.91. The molecule has 0 amide bonds. The molecule has 94 valence electrons. The van der Waals surface area contributed by atoms with Crippen LogP contribution in [0.3, 0.4) is 0 Å². The first-order chi connectivity index (χ1) is 8.47. The van der Waals surface area contributed by atoms with Crippen molar-refractivity contribution in [1.29, 1.82) is 0 Å². The Hall–Kier alpha value is -0.820. The Morgan fingerprint density at radius 3 is 2.44 bits per heavy atom. The number of benzene rings is 1. The quantitative estimate of drug-likeness (QED) is 0.785. The van der Waals surface area contributed by atoms with E-state index in [4.69, 9.17) is 40.5 Å². The maximum atomic E-state index is 6.07. The van der Waals surface area contributed by atoms with Crippen LogP contribution in [0.2, 0.25) is 15.3 Å². The predicted octanol–water partition coefficient (Wildman–Crippen LogP) is 3.92. The molecule has 1 aromatic carbocycles. The summed E-state index contributed by atoms with van der Waals surface area (Å²) < 4.78 is 0.688. The van der Waals surface area contributed by atoms with Crippen molar-refractivity contribution >= 4 is 68.3 Å². The zero-order valence-corrected chi connectivity index (χ0v) is 12.4. The lowest BCUT2D eigenvalue weighted by Crippen LogP contribution is -2.03. The van der Waals surface area contributed by atoms with E-state index in [9.17, 15) is 0 Å². The van der Waals surface area contributed by atoms with Gasteiger partial charge in [-0.05, 0) is 39.7 Å². The zero-order chi connectivity index (χ0) is 13.3. The van der Waals surface area contributed by atoms with Gasteiger partial charge in [-0.25, -0.2) is 0 Å². The molecule has 0 aliphatic rings. The van der Waals surface area contributed by atoms with Gasteiger partial charge in [0.15, 0.2) is 0 Å². The largest absolute Gasteiger partial charge is 0.368 e. The van der Waals surface area contributed by atoms with E-state index in [2.05, 4.69) is 36.2 Å². The number of anilines is 3. The van der Waals surface area contributed by atoms with Crippen molar-refractivity contribution in [1.82, 2.24) is 15.0 Å². The highest BCUT2D eigenvalue weighted by Crippen LogP contribution is 2.36. The monoisotopic (exact) mass is 367 g/mol. The average molecular weight is 369 g/mol. The summed E-state index contributed by atoms with van der Waals surface area (Å²) >= 11 is 21.0. The maximum absolute atomic E-state index is 6.07. The number of hydrogen-bond acceptors (Lipinski definition) is 5. The second-order valence-electron chi connectivity index (χ2n) is 3.13. The lowest BCUT2D eigenvalue weighted by molar-refractivity contribution is 1.07. The van der Waals surface area contributed by atoms with Crippen LogP contribution < -0.4 is 11.1 Å². The molecule has 0 saturated heterocycles. The van der Waals surface area contributed by atoms with Crippen molar-refractivity contribution in [3.05, 3.63) is 31.9 Å². The van der Waals surface area contributed by atoms with Gasteiger partial charge in [0, 0.05) is 4.47 Å². The van der Waals surface area contributed by atoms with Gasteiger partial charge in [-0.1, -0.05) is 23.2 Å². The molecule has 2 rings (SSSR count).